The van der Waals surface area contributed by atoms with E-state index < -0.39 is 0 Å². The fraction of sp³-hybridized carbons (Fsp3) is 0.438. The Morgan fingerprint density at radius 3 is 3.00 bits per heavy atom. The summed E-state index contributed by atoms with van der Waals surface area (Å²) in [5, 5.41) is 6.31. The minimum absolute atomic E-state index is 0.127. The van der Waals surface area contributed by atoms with Crippen molar-refractivity contribution in [1.29, 1.82) is 0 Å². The molecule has 0 heterocycles. The van der Waals surface area contributed by atoms with Crippen molar-refractivity contribution in [1.82, 2.24) is 5.32 Å². The van der Waals surface area contributed by atoms with Crippen molar-refractivity contribution >= 4 is 11.6 Å². The summed E-state index contributed by atoms with van der Waals surface area (Å²) in [6.07, 6.45) is 7.09. The number of carbonyl (C=O) groups excluding carboxylic acids is 1. The van der Waals surface area contributed by atoms with E-state index in [0.717, 1.165) is 38.0 Å². The molecule has 0 aromatic heterocycles. The standard InChI is InChI=1S/C16H22N2O/c1-2-17-12-13-7-6-10-15(11-13)18-16(19)14-8-4-3-5-9-14/h3-4,6-7,10-11,14,17H,2,5,8-9,12H2,1H3,(H,18,19). The van der Waals surface area contributed by atoms with Crippen molar-refractivity contribution in [3.8, 4) is 0 Å². The molecule has 0 spiro atoms. The molecule has 0 saturated carbocycles. The molecule has 0 bridgehead atoms. The summed E-state index contributed by atoms with van der Waals surface area (Å²) in [6, 6.07) is 8.05. The van der Waals surface area contributed by atoms with E-state index in [1.165, 1.54) is 5.56 Å². The lowest BCUT2D eigenvalue weighted by Crippen LogP contribution is -2.23. The van der Waals surface area contributed by atoms with Crippen molar-refractivity contribution in [2.24, 2.45) is 5.92 Å². The molecule has 0 saturated heterocycles. The van der Waals surface area contributed by atoms with Crippen LogP contribution in [-0.4, -0.2) is 12.5 Å². The summed E-state index contributed by atoms with van der Waals surface area (Å²) < 4.78 is 0. The molecular formula is C16H22N2O. The number of allylic oxidation sites excluding steroid dienone is 2. The van der Waals surface area contributed by atoms with E-state index in [1.54, 1.807) is 0 Å². The number of rotatable bonds is 5. The van der Waals surface area contributed by atoms with Crippen molar-refractivity contribution in [3.63, 3.8) is 0 Å². The van der Waals surface area contributed by atoms with Crippen LogP contribution in [-0.2, 0) is 11.3 Å². The second-order valence-corrected chi connectivity index (χ2v) is 4.95. The van der Waals surface area contributed by atoms with Crippen LogP contribution in [0.1, 0.15) is 31.7 Å². The molecule has 0 fully saturated rings. The number of amides is 1. The summed E-state index contributed by atoms with van der Waals surface area (Å²) in [5.41, 5.74) is 2.10. The van der Waals surface area contributed by atoms with Gasteiger partial charge in [-0.05, 0) is 43.5 Å². The zero-order valence-corrected chi connectivity index (χ0v) is 11.5. The molecule has 0 radical (unpaired) electrons. The van der Waals surface area contributed by atoms with E-state index in [0.29, 0.717) is 0 Å². The lowest BCUT2D eigenvalue weighted by molar-refractivity contribution is -0.120. The van der Waals surface area contributed by atoms with Crippen molar-refractivity contribution in [3.05, 3.63) is 42.0 Å². The highest BCUT2D eigenvalue weighted by molar-refractivity contribution is 5.92. The fourth-order valence-corrected chi connectivity index (χ4v) is 2.30. The molecule has 102 valence electrons. The van der Waals surface area contributed by atoms with Crippen LogP contribution >= 0.6 is 0 Å². The Labute approximate surface area is 115 Å². The van der Waals surface area contributed by atoms with Crippen LogP contribution in [0.4, 0.5) is 5.69 Å². The maximum atomic E-state index is 12.1. The average molecular weight is 258 g/mol. The second-order valence-electron chi connectivity index (χ2n) is 4.95. The Morgan fingerprint density at radius 2 is 2.26 bits per heavy atom. The Kier molecular flexibility index (Phi) is 5.16. The molecule has 1 aromatic rings. The van der Waals surface area contributed by atoms with E-state index in [9.17, 15) is 4.79 Å². The maximum absolute atomic E-state index is 12.1. The van der Waals surface area contributed by atoms with Gasteiger partial charge in [0.25, 0.3) is 0 Å². The molecular weight excluding hydrogens is 236 g/mol. The summed E-state index contributed by atoms with van der Waals surface area (Å²) in [6.45, 7) is 3.87. The van der Waals surface area contributed by atoms with Gasteiger partial charge >= 0.3 is 0 Å². The molecule has 2 N–H and O–H groups in total. The summed E-state index contributed by atoms with van der Waals surface area (Å²) >= 11 is 0. The van der Waals surface area contributed by atoms with Gasteiger partial charge in [0.15, 0.2) is 0 Å². The van der Waals surface area contributed by atoms with Crippen molar-refractivity contribution < 1.29 is 4.79 Å². The van der Waals surface area contributed by atoms with Crippen LogP contribution in [0.25, 0.3) is 0 Å². The third kappa shape index (κ3) is 4.21. The van der Waals surface area contributed by atoms with E-state index in [2.05, 4.69) is 35.8 Å². The van der Waals surface area contributed by atoms with E-state index in [1.807, 2.05) is 18.2 Å². The number of carbonyl (C=O) groups is 1. The highest BCUT2D eigenvalue weighted by Gasteiger charge is 2.18. The van der Waals surface area contributed by atoms with Gasteiger partial charge in [-0.25, -0.2) is 0 Å². The SMILES string of the molecule is CCNCc1cccc(NC(=O)C2CC=CCC2)c1. The number of hydrogen-bond donors (Lipinski definition) is 2. The molecule has 2 rings (SSSR count). The van der Waals surface area contributed by atoms with Crippen LogP contribution < -0.4 is 10.6 Å². The van der Waals surface area contributed by atoms with Crippen LogP contribution in [0.2, 0.25) is 0 Å². The van der Waals surface area contributed by atoms with E-state index >= 15 is 0 Å². The van der Waals surface area contributed by atoms with Crippen molar-refractivity contribution in [2.75, 3.05) is 11.9 Å². The highest BCUT2D eigenvalue weighted by Crippen LogP contribution is 2.20. The zero-order chi connectivity index (χ0) is 13.5. The summed E-state index contributed by atoms with van der Waals surface area (Å²) in [5.74, 6) is 0.271. The molecule has 3 heteroatoms. The number of anilines is 1. The first-order chi connectivity index (χ1) is 9.29. The van der Waals surface area contributed by atoms with Gasteiger partial charge in [0.05, 0.1) is 0 Å². The smallest absolute Gasteiger partial charge is 0.227 e. The normalized spacial score (nSPS) is 18.3. The Bertz CT molecular complexity index is 454. The average Bonchev–Trinajstić information content (AvgIpc) is 2.46. The first-order valence-corrected chi connectivity index (χ1v) is 7.05. The molecule has 1 amide bonds. The molecule has 1 aromatic carbocycles. The van der Waals surface area contributed by atoms with Gasteiger partial charge in [-0.1, -0.05) is 31.2 Å². The topological polar surface area (TPSA) is 41.1 Å². The van der Waals surface area contributed by atoms with E-state index in [4.69, 9.17) is 0 Å². The van der Waals surface area contributed by atoms with E-state index in [-0.39, 0.29) is 11.8 Å². The molecule has 1 aliphatic carbocycles. The third-order valence-corrected chi connectivity index (χ3v) is 3.41. The number of hydrogen-bond acceptors (Lipinski definition) is 2. The fourth-order valence-electron chi connectivity index (χ4n) is 2.30. The van der Waals surface area contributed by atoms with Gasteiger partial charge in [-0.3, -0.25) is 4.79 Å². The predicted molar refractivity (Wildman–Crippen MR) is 78.9 cm³/mol. The quantitative estimate of drug-likeness (QED) is 0.797. The lowest BCUT2D eigenvalue weighted by Gasteiger charge is -2.17. The van der Waals surface area contributed by atoms with Crippen LogP contribution in [0.5, 0.6) is 0 Å². The molecule has 1 unspecified atom stereocenters. The highest BCUT2D eigenvalue weighted by atomic mass is 16.1. The maximum Gasteiger partial charge on any atom is 0.227 e. The van der Waals surface area contributed by atoms with Gasteiger partial charge in [-0.2, -0.15) is 0 Å². The minimum Gasteiger partial charge on any atom is -0.326 e. The predicted octanol–water partition coefficient (Wildman–Crippen LogP) is 3.09. The Hall–Kier alpha value is -1.61. The zero-order valence-electron chi connectivity index (χ0n) is 11.5. The molecule has 3 nitrogen and oxygen atoms in total. The number of benzene rings is 1. The minimum atomic E-state index is 0.127. The first kappa shape index (κ1) is 13.8. The molecule has 0 aliphatic heterocycles. The van der Waals surface area contributed by atoms with Gasteiger partial charge in [0.1, 0.15) is 0 Å². The molecule has 1 atom stereocenters. The van der Waals surface area contributed by atoms with Crippen molar-refractivity contribution in [2.45, 2.75) is 32.7 Å². The monoisotopic (exact) mass is 258 g/mol. The largest absolute Gasteiger partial charge is 0.326 e. The summed E-state index contributed by atoms with van der Waals surface area (Å²) in [4.78, 5) is 12.1. The molecule has 19 heavy (non-hydrogen) atoms. The van der Waals surface area contributed by atoms with Crippen LogP contribution in [0.3, 0.4) is 0 Å². The van der Waals surface area contributed by atoms with Crippen LogP contribution in [0, 0.1) is 5.92 Å². The van der Waals surface area contributed by atoms with Crippen LogP contribution in [0.15, 0.2) is 36.4 Å². The Morgan fingerprint density at radius 1 is 1.37 bits per heavy atom. The van der Waals surface area contributed by atoms with Gasteiger partial charge in [0, 0.05) is 18.2 Å². The van der Waals surface area contributed by atoms with Gasteiger partial charge in [0.2, 0.25) is 5.91 Å². The molecule has 1 aliphatic rings. The van der Waals surface area contributed by atoms with Gasteiger partial charge in [-0.15, -0.1) is 0 Å². The number of nitrogens with one attached hydrogen (secondary N) is 2. The first-order valence-electron chi connectivity index (χ1n) is 7.05. The second kappa shape index (κ2) is 7.10. The third-order valence-electron chi connectivity index (χ3n) is 3.41. The van der Waals surface area contributed by atoms with Gasteiger partial charge < -0.3 is 10.6 Å². The Balaban J connectivity index is 1.94. The summed E-state index contributed by atoms with van der Waals surface area (Å²) in [7, 11) is 0. The lowest BCUT2D eigenvalue weighted by atomic mass is 9.93.